The van der Waals surface area contributed by atoms with E-state index in [1.54, 1.807) is 6.08 Å². The van der Waals surface area contributed by atoms with Gasteiger partial charge in [0.25, 0.3) is 0 Å². The average Bonchev–Trinajstić information content (AvgIpc) is 2.55. The summed E-state index contributed by atoms with van der Waals surface area (Å²) in [4.78, 5) is 13.9. The first-order valence-electron chi connectivity index (χ1n) is 5.43. The average molecular weight is 195 g/mol. The van der Waals surface area contributed by atoms with Crippen molar-refractivity contribution in [2.75, 3.05) is 19.6 Å². The SMILES string of the molecule is CC(C)(C)C(=O)/C=C/CN1CCCC1. The van der Waals surface area contributed by atoms with Gasteiger partial charge in [0.2, 0.25) is 0 Å². The molecular formula is C12H21NO. The number of likely N-dealkylation sites (tertiary alicyclic amines) is 1. The van der Waals surface area contributed by atoms with E-state index in [-0.39, 0.29) is 11.2 Å². The molecule has 1 aliphatic rings. The van der Waals surface area contributed by atoms with Gasteiger partial charge >= 0.3 is 0 Å². The predicted molar refractivity (Wildman–Crippen MR) is 59.3 cm³/mol. The van der Waals surface area contributed by atoms with Gasteiger partial charge in [0.15, 0.2) is 5.78 Å². The molecule has 0 aromatic heterocycles. The van der Waals surface area contributed by atoms with E-state index in [4.69, 9.17) is 0 Å². The molecule has 0 bridgehead atoms. The highest BCUT2D eigenvalue weighted by atomic mass is 16.1. The van der Waals surface area contributed by atoms with Crippen LogP contribution in [0.2, 0.25) is 0 Å². The Bertz CT molecular complexity index is 219. The lowest BCUT2D eigenvalue weighted by atomic mass is 9.91. The Morgan fingerprint density at radius 2 is 1.86 bits per heavy atom. The molecule has 0 aromatic carbocycles. The standard InChI is InChI=1S/C12H21NO/c1-12(2,3)11(14)7-6-10-13-8-4-5-9-13/h6-7H,4-5,8-10H2,1-3H3/b7-6+. The number of hydrogen-bond donors (Lipinski definition) is 0. The van der Waals surface area contributed by atoms with Gasteiger partial charge in [-0.3, -0.25) is 9.69 Å². The summed E-state index contributed by atoms with van der Waals surface area (Å²) in [5.74, 6) is 0.219. The molecule has 1 rings (SSSR count). The van der Waals surface area contributed by atoms with Crippen molar-refractivity contribution in [3.8, 4) is 0 Å². The van der Waals surface area contributed by atoms with Gasteiger partial charge in [0.1, 0.15) is 0 Å². The van der Waals surface area contributed by atoms with Crippen LogP contribution in [0.25, 0.3) is 0 Å². The van der Waals surface area contributed by atoms with E-state index in [0.717, 1.165) is 6.54 Å². The Balaban J connectivity index is 2.29. The molecule has 1 fully saturated rings. The summed E-state index contributed by atoms with van der Waals surface area (Å²) < 4.78 is 0. The quantitative estimate of drug-likeness (QED) is 0.644. The molecule has 1 aliphatic heterocycles. The Morgan fingerprint density at radius 3 is 2.36 bits per heavy atom. The molecule has 14 heavy (non-hydrogen) atoms. The third-order valence-electron chi connectivity index (χ3n) is 2.57. The molecule has 0 spiro atoms. The maximum atomic E-state index is 11.5. The molecule has 0 atom stereocenters. The van der Waals surface area contributed by atoms with Gasteiger partial charge in [-0.25, -0.2) is 0 Å². The molecule has 0 amide bonds. The van der Waals surface area contributed by atoms with Crippen LogP contribution in [0, 0.1) is 5.41 Å². The largest absolute Gasteiger partial charge is 0.300 e. The predicted octanol–water partition coefficient (Wildman–Crippen LogP) is 2.25. The van der Waals surface area contributed by atoms with Crippen LogP contribution in [-0.4, -0.2) is 30.3 Å². The second-order valence-corrected chi connectivity index (χ2v) is 5.02. The maximum absolute atomic E-state index is 11.5. The lowest BCUT2D eigenvalue weighted by molar-refractivity contribution is -0.121. The smallest absolute Gasteiger partial charge is 0.160 e. The summed E-state index contributed by atoms with van der Waals surface area (Å²) in [6.45, 7) is 9.17. The molecule has 80 valence electrons. The van der Waals surface area contributed by atoms with E-state index in [1.807, 2.05) is 26.8 Å². The van der Waals surface area contributed by atoms with Crippen LogP contribution in [0.5, 0.6) is 0 Å². The fourth-order valence-electron chi connectivity index (χ4n) is 1.52. The number of carbonyl (C=O) groups excluding carboxylic acids is 1. The summed E-state index contributed by atoms with van der Waals surface area (Å²) >= 11 is 0. The van der Waals surface area contributed by atoms with Crippen LogP contribution in [0.1, 0.15) is 33.6 Å². The molecule has 1 saturated heterocycles. The van der Waals surface area contributed by atoms with E-state index in [9.17, 15) is 4.79 Å². The molecule has 0 radical (unpaired) electrons. The van der Waals surface area contributed by atoms with E-state index in [0.29, 0.717) is 0 Å². The highest BCUT2D eigenvalue weighted by Crippen LogP contribution is 2.15. The van der Waals surface area contributed by atoms with Crippen LogP contribution >= 0.6 is 0 Å². The van der Waals surface area contributed by atoms with Gasteiger partial charge in [-0.15, -0.1) is 0 Å². The molecule has 2 heteroatoms. The van der Waals surface area contributed by atoms with Crippen LogP contribution in [0.15, 0.2) is 12.2 Å². The van der Waals surface area contributed by atoms with Gasteiger partial charge in [-0.1, -0.05) is 26.8 Å². The highest BCUT2D eigenvalue weighted by Gasteiger charge is 2.18. The minimum Gasteiger partial charge on any atom is -0.300 e. The first-order chi connectivity index (χ1) is 6.50. The summed E-state index contributed by atoms with van der Waals surface area (Å²) in [7, 11) is 0. The molecule has 1 heterocycles. The van der Waals surface area contributed by atoms with Crippen molar-refractivity contribution in [3.63, 3.8) is 0 Å². The van der Waals surface area contributed by atoms with Gasteiger partial charge in [-0.2, -0.15) is 0 Å². The molecular weight excluding hydrogens is 174 g/mol. The third kappa shape index (κ3) is 3.62. The number of hydrogen-bond acceptors (Lipinski definition) is 2. The lowest BCUT2D eigenvalue weighted by Crippen LogP contribution is -2.20. The Labute approximate surface area is 87.0 Å². The Morgan fingerprint density at radius 1 is 1.29 bits per heavy atom. The fourth-order valence-corrected chi connectivity index (χ4v) is 1.52. The maximum Gasteiger partial charge on any atom is 0.160 e. The second-order valence-electron chi connectivity index (χ2n) is 5.02. The molecule has 0 unspecified atom stereocenters. The van der Waals surface area contributed by atoms with Gasteiger partial charge < -0.3 is 0 Å². The van der Waals surface area contributed by atoms with Crippen LogP contribution in [-0.2, 0) is 4.79 Å². The number of rotatable bonds is 3. The Kier molecular flexibility index (Phi) is 3.87. The van der Waals surface area contributed by atoms with Crippen molar-refractivity contribution in [3.05, 3.63) is 12.2 Å². The van der Waals surface area contributed by atoms with Gasteiger partial charge in [0.05, 0.1) is 0 Å². The highest BCUT2D eigenvalue weighted by molar-refractivity contribution is 5.93. The zero-order valence-electron chi connectivity index (χ0n) is 9.55. The van der Waals surface area contributed by atoms with Crippen molar-refractivity contribution in [2.45, 2.75) is 33.6 Å². The molecule has 0 aliphatic carbocycles. The number of carbonyl (C=O) groups is 1. The lowest BCUT2D eigenvalue weighted by Gasteiger charge is -2.14. The van der Waals surface area contributed by atoms with Crippen LogP contribution < -0.4 is 0 Å². The van der Waals surface area contributed by atoms with Crippen molar-refractivity contribution in [1.82, 2.24) is 4.90 Å². The Hall–Kier alpha value is -0.630. The van der Waals surface area contributed by atoms with Crippen LogP contribution in [0.4, 0.5) is 0 Å². The van der Waals surface area contributed by atoms with Crippen molar-refractivity contribution >= 4 is 5.78 Å². The fraction of sp³-hybridized carbons (Fsp3) is 0.750. The van der Waals surface area contributed by atoms with Crippen molar-refractivity contribution in [2.24, 2.45) is 5.41 Å². The van der Waals surface area contributed by atoms with E-state index in [1.165, 1.54) is 25.9 Å². The van der Waals surface area contributed by atoms with Crippen molar-refractivity contribution in [1.29, 1.82) is 0 Å². The summed E-state index contributed by atoms with van der Waals surface area (Å²) in [6, 6.07) is 0. The van der Waals surface area contributed by atoms with E-state index < -0.39 is 0 Å². The first-order valence-corrected chi connectivity index (χ1v) is 5.43. The molecule has 0 aromatic rings. The van der Waals surface area contributed by atoms with Gasteiger partial charge in [0, 0.05) is 12.0 Å². The normalized spacial score (nSPS) is 19.4. The van der Waals surface area contributed by atoms with Crippen molar-refractivity contribution < 1.29 is 4.79 Å². The third-order valence-corrected chi connectivity index (χ3v) is 2.57. The molecule has 0 saturated carbocycles. The summed E-state index contributed by atoms with van der Waals surface area (Å²) in [6.07, 6.45) is 6.35. The molecule has 2 nitrogen and oxygen atoms in total. The summed E-state index contributed by atoms with van der Waals surface area (Å²) in [5.41, 5.74) is -0.235. The number of ketones is 1. The minimum absolute atomic E-state index is 0.219. The number of nitrogens with zero attached hydrogens (tertiary/aromatic N) is 1. The van der Waals surface area contributed by atoms with E-state index in [2.05, 4.69) is 4.90 Å². The van der Waals surface area contributed by atoms with Gasteiger partial charge in [-0.05, 0) is 32.0 Å². The zero-order chi connectivity index (χ0) is 10.6. The van der Waals surface area contributed by atoms with E-state index >= 15 is 0 Å². The summed E-state index contributed by atoms with van der Waals surface area (Å²) in [5, 5.41) is 0. The zero-order valence-corrected chi connectivity index (χ0v) is 9.55. The first kappa shape index (κ1) is 11.4. The monoisotopic (exact) mass is 195 g/mol. The second kappa shape index (κ2) is 4.74. The molecule has 0 N–H and O–H groups in total. The number of allylic oxidation sites excluding steroid dienone is 1. The van der Waals surface area contributed by atoms with Crippen LogP contribution in [0.3, 0.4) is 0 Å². The minimum atomic E-state index is -0.235. The topological polar surface area (TPSA) is 20.3 Å².